The highest BCUT2D eigenvalue weighted by Gasteiger charge is 2.20. The van der Waals surface area contributed by atoms with E-state index in [-0.39, 0.29) is 0 Å². The van der Waals surface area contributed by atoms with Crippen LogP contribution in [0.2, 0.25) is 0 Å². The Morgan fingerprint density at radius 1 is 0.733 bits per heavy atom. The van der Waals surface area contributed by atoms with Gasteiger partial charge in [-0.15, -0.1) is 0 Å². The van der Waals surface area contributed by atoms with Crippen molar-refractivity contribution >= 4 is 5.97 Å². The first-order valence-corrected chi connectivity index (χ1v) is 11.2. The molecule has 0 aromatic rings. The van der Waals surface area contributed by atoms with E-state index >= 15 is 0 Å². The summed E-state index contributed by atoms with van der Waals surface area (Å²) in [6, 6.07) is 0. The number of nitrogens with zero attached hydrogens (tertiary/aromatic N) is 1. The normalized spacial score (nSPS) is 14.9. The van der Waals surface area contributed by atoms with Crippen LogP contribution in [0.5, 0.6) is 0 Å². The van der Waals surface area contributed by atoms with Gasteiger partial charge in [0.25, 0.3) is 0 Å². The molecular weight excluding hydrogens is 382 g/mol. The molecule has 6 heteroatoms. The molecule has 30 heavy (non-hydrogen) atoms. The molecule has 0 bridgehead atoms. The monoisotopic (exact) mass is 427 g/mol. The molecule has 0 amide bonds. The summed E-state index contributed by atoms with van der Waals surface area (Å²) < 4.78 is 0. The summed E-state index contributed by atoms with van der Waals surface area (Å²) in [5, 5.41) is 35.4. The molecule has 0 spiro atoms. The number of rotatable bonds is 16. The van der Waals surface area contributed by atoms with Crippen molar-refractivity contribution in [1.29, 1.82) is 0 Å². The molecule has 6 nitrogen and oxygen atoms in total. The summed E-state index contributed by atoms with van der Waals surface area (Å²) in [7, 11) is 0. The van der Waals surface area contributed by atoms with Gasteiger partial charge in [-0.1, -0.05) is 62.6 Å². The lowest BCUT2D eigenvalue weighted by atomic mass is 10.1. The zero-order chi connectivity index (χ0) is 23.2. The van der Waals surface area contributed by atoms with Crippen LogP contribution in [0.4, 0.5) is 0 Å². The van der Waals surface area contributed by atoms with Crippen LogP contribution in [0.1, 0.15) is 91.9 Å². The van der Waals surface area contributed by atoms with Crippen molar-refractivity contribution in [3.8, 4) is 0 Å². The van der Waals surface area contributed by atoms with Crippen LogP contribution in [0.15, 0.2) is 36.5 Å². The number of carbonyl (C=O) groups is 1. The highest BCUT2D eigenvalue weighted by Crippen LogP contribution is 2.08. The highest BCUT2D eigenvalue weighted by atomic mass is 16.4. The first-order valence-electron chi connectivity index (χ1n) is 11.2. The summed E-state index contributed by atoms with van der Waals surface area (Å²) in [5.74, 6) is -0.675. The number of unbranched alkanes of at least 4 members (excludes halogenated alkanes) is 5. The molecule has 0 fully saturated rings. The van der Waals surface area contributed by atoms with Crippen LogP contribution in [-0.2, 0) is 4.79 Å². The Balaban J connectivity index is 0. The Hall–Kier alpha value is -1.47. The fourth-order valence-electron chi connectivity index (χ4n) is 2.83. The van der Waals surface area contributed by atoms with Gasteiger partial charge in [-0.3, -0.25) is 4.79 Å². The zero-order valence-corrected chi connectivity index (χ0v) is 19.4. The Labute approximate surface area is 183 Å². The van der Waals surface area contributed by atoms with E-state index in [1.54, 1.807) is 0 Å². The largest absolute Gasteiger partial charge is 0.481 e. The number of allylic oxidation sites excluding steroid dienone is 6. The van der Waals surface area contributed by atoms with Crippen molar-refractivity contribution in [3.05, 3.63) is 36.5 Å². The van der Waals surface area contributed by atoms with Crippen LogP contribution in [0.3, 0.4) is 0 Å². The smallest absolute Gasteiger partial charge is 0.303 e. The summed E-state index contributed by atoms with van der Waals surface area (Å²) in [4.78, 5) is 11.5. The first-order chi connectivity index (χ1) is 14.2. The van der Waals surface area contributed by atoms with Crippen molar-refractivity contribution in [1.82, 2.24) is 4.90 Å². The maximum absolute atomic E-state index is 10.3. The van der Waals surface area contributed by atoms with E-state index in [0.29, 0.717) is 6.42 Å². The Morgan fingerprint density at radius 3 is 1.60 bits per heavy atom. The lowest BCUT2D eigenvalue weighted by Gasteiger charge is -2.30. The lowest BCUT2D eigenvalue weighted by Crippen LogP contribution is -2.45. The van der Waals surface area contributed by atoms with Gasteiger partial charge in [0.2, 0.25) is 0 Å². The predicted molar refractivity (Wildman–Crippen MR) is 124 cm³/mol. The number of aliphatic carboxylic acids is 1. The topological polar surface area (TPSA) is 101 Å². The molecule has 0 aliphatic carbocycles. The fraction of sp³-hybridized carbons (Fsp3) is 0.708. The van der Waals surface area contributed by atoms with Crippen molar-refractivity contribution in [2.45, 2.75) is 111 Å². The molecule has 3 atom stereocenters. The number of carboxylic acids is 1. The molecule has 0 aliphatic rings. The van der Waals surface area contributed by atoms with Crippen LogP contribution in [0.25, 0.3) is 0 Å². The zero-order valence-electron chi connectivity index (χ0n) is 19.4. The second kappa shape index (κ2) is 22.2. The summed E-state index contributed by atoms with van der Waals surface area (Å²) in [5.41, 5.74) is 0. The molecule has 0 aromatic carbocycles. The van der Waals surface area contributed by atoms with E-state index in [2.05, 4.69) is 43.4 Å². The number of carboxylic acid groups (broad SMARTS) is 1. The molecule has 3 unspecified atom stereocenters. The maximum atomic E-state index is 10.3. The number of aliphatic hydroxyl groups excluding tert-OH is 3. The predicted octanol–water partition coefficient (Wildman–Crippen LogP) is 4.96. The Kier molecular flexibility index (Phi) is 22.8. The minimum atomic E-state index is -0.833. The third kappa shape index (κ3) is 22.8. The van der Waals surface area contributed by atoms with Crippen molar-refractivity contribution < 1.29 is 25.2 Å². The molecule has 0 aliphatic heterocycles. The summed E-state index contributed by atoms with van der Waals surface area (Å²) in [6.45, 7) is 6.60. The van der Waals surface area contributed by atoms with Gasteiger partial charge in [-0.25, -0.2) is 4.90 Å². The molecule has 0 rings (SSSR count). The summed E-state index contributed by atoms with van der Waals surface area (Å²) >= 11 is 0. The standard InChI is InChI=1S/C18H30O2.C6H15NO3/c1-2-3-4-5-6-7-8-9-10-11-12-13-14-15-16-17-18(19)20;1-4(8)7(5(2)9)6(3)10/h3-4,6-7,9-10H,2,5,8,11-17H2,1H3,(H,19,20);4-6,8-10H,1-3H3/b4-3-,7-6-,10-9-;. The average Bonchev–Trinajstić information content (AvgIpc) is 2.64. The molecule has 0 saturated carbocycles. The van der Waals surface area contributed by atoms with Crippen LogP contribution in [-0.4, -0.2) is 50.0 Å². The van der Waals surface area contributed by atoms with Crippen molar-refractivity contribution in [2.24, 2.45) is 0 Å². The third-order valence-electron chi connectivity index (χ3n) is 4.34. The quantitative estimate of drug-likeness (QED) is 0.158. The number of aliphatic hydroxyl groups is 3. The van der Waals surface area contributed by atoms with Gasteiger partial charge < -0.3 is 20.4 Å². The van der Waals surface area contributed by atoms with Crippen molar-refractivity contribution in [3.63, 3.8) is 0 Å². The van der Waals surface area contributed by atoms with Gasteiger partial charge in [0.05, 0.1) is 0 Å². The van der Waals surface area contributed by atoms with Gasteiger partial charge in [0.1, 0.15) is 18.7 Å². The molecule has 0 saturated heterocycles. The van der Waals surface area contributed by atoms with Gasteiger partial charge in [0.15, 0.2) is 0 Å². The molecule has 0 radical (unpaired) electrons. The third-order valence-corrected chi connectivity index (χ3v) is 4.34. The van der Waals surface area contributed by atoms with Crippen LogP contribution >= 0.6 is 0 Å². The SMILES string of the molecule is CC(O)N(C(C)O)C(C)O.CC/C=C\C/C=C\C/C=C\CCCCCCCC(=O)O. The second-order valence-corrected chi connectivity index (χ2v) is 7.34. The Bertz CT molecular complexity index is 451. The highest BCUT2D eigenvalue weighted by molar-refractivity contribution is 5.66. The van der Waals surface area contributed by atoms with Gasteiger partial charge >= 0.3 is 5.97 Å². The van der Waals surface area contributed by atoms with Crippen molar-refractivity contribution in [2.75, 3.05) is 0 Å². The molecule has 0 heterocycles. The van der Waals surface area contributed by atoms with Crippen LogP contribution in [0, 0.1) is 0 Å². The van der Waals surface area contributed by atoms with E-state index in [9.17, 15) is 4.79 Å². The lowest BCUT2D eigenvalue weighted by molar-refractivity contribution is -0.159. The fourth-order valence-corrected chi connectivity index (χ4v) is 2.83. The van der Waals surface area contributed by atoms with E-state index in [1.807, 2.05) is 0 Å². The molecule has 4 N–H and O–H groups in total. The van der Waals surface area contributed by atoms with Gasteiger partial charge in [0, 0.05) is 6.42 Å². The van der Waals surface area contributed by atoms with Gasteiger partial charge in [-0.2, -0.15) is 0 Å². The number of hydrogen-bond acceptors (Lipinski definition) is 5. The summed E-state index contributed by atoms with van der Waals surface area (Å²) in [6.07, 6.45) is 20.9. The minimum absolute atomic E-state index is 0.319. The molecular formula is C24H45NO5. The first kappa shape index (κ1) is 30.7. The second-order valence-electron chi connectivity index (χ2n) is 7.34. The minimum Gasteiger partial charge on any atom is -0.481 e. The maximum Gasteiger partial charge on any atom is 0.303 e. The van der Waals surface area contributed by atoms with Crippen LogP contribution < -0.4 is 0 Å². The van der Waals surface area contributed by atoms with E-state index < -0.39 is 24.7 Å². The number of hydrogen-bond donors (Lipinski definition) is 4. The van der Waals surface area contributed by atoms with E-state index in [1.165, 1.54) is 38.5 Å². The van der Waals surface area contributed by atoms with E-state index in [0.717, 1.165) is 44.9 Å². The molecule has 176 valence electrons. The average molecular weight is 428 g/mol. The van der Waals surface area contributed by atoms with E-state index in [4.69, 9.17) is 20.4 Å². The molecule has 0 aromatic heterocycles. The Morgan fingerprint density at radius 2 is 1.17 bits per heavy atom. The van der Waals surface area contributed by atoms with Gasteiger partial charge in [-0.05, 0) is 59.3 Å².